The Hall–Kier alpha value is -2.30. The molecule has 0 aliphatic rings. The van der Waals surface area contributed by atoms with Crippen LogP contribution in [-0.4, -0.2) is 45.6 Å². The molecule has 30 heavy (non-hydrogen) atoms. The highest BCUT2D eigenvalue weighted by Gasteiger charge is 2.23. The average molecular weight is 560 g/mol. The van der Waals surface area contributed by atoms with E-state index in [0.29, 0.717) is 8.95 Å². The van der Waals surface area contributed by atoms with Crippen molar-refractivity contribution in [3.8, 4) is 5.82 Å². The molecule has 156 valence electrons. The van der Waals surface area contributed by atoms with Gasteiger partial charge in [0.05, 0.1) is 22.0 Å². The van der Waals surface area contributed by atoms with E-state index in [1.54, 1.807) is 38.4 Å². The van der Waals surface area contributed by atoms with Crippen LogP contribution in [0.5, 0.6) is 0 Å². The molecule has 1 aromatic carbocycles. The van der Waals surface area contributed by atoms with Gasteiger partial charge in [-0.2, -0.15) is 5.10 Å². The normalized spacial score (nSPS) is 10.7. The molecular formula is C19H15Br2ClFN5O2. The summed E-state index contributed by atoms with van der Waals surface area (Å²) in [5, 5.41) is 7.04. The lowest BCUT2D eigenvalue weighted by atomic mass is 10.1. The van der Waals surface area contributed by atoms with E-state index in [-0.39, 0.29) is 39.4 Å². The van der Waals surface area contributed by atoms with E-state index < -0.39 is 12.6 Å². The minimum Gasteiger partial charge on any atom is -0.345 e. The summed E-state index contributed by atoms with van der Waals surface area (Å²) < 4.78 is 15.6. The molecule has 2 aromatic heterocycles. The van der Waals surface area contributed by atoms with Gasteiger partial charge in [0.2, 0.25) is 0 Å². The van der Waals surface area contributed by atoms with E-state index in [2.05, 4.69) is 47.3 Å². The SMILES string of the molecule is CN(C)C(=O)c1cc(Br)cc(Br)c1NC(=O)c1cc(CF)nn1-c1ncccc1Cl. The molecule has 0 aliphatic carbocycles. The van der Waals surface area contributed by atoms with E-state index >= 15 is 0 Å². The number of carbonyl (C=O) groups excluding carboxylic acids is 2. The fourth-order valence-electron chi connectivity index (χ4n) is 2.64. The van der Waals surface area contributed by atoms with E-state index in [4.69, 9.17) is 11.6 Å². The Bertz CT molecular complexity index is 1140. The lowest BCUT2D eigenvalue weighted by molar-refractivity contribution is 0.0828. The second-order valence-corrected chi connectivity index (χ2v) is 8.52. The van der Waals surface area contributed by atoms with Crippen molar-refractivity contribution < 1.29 is 14.0 Å². The van der Waals surface area contributed by atoms with E-state index in [1.807, 2.05) is 0 Å². The molecule has 0 atom stereocenters. The fourth-order valence-corrected chi connectivity index (χ4v) is 4.17. The van der Waals surface area contributed by atoms with Crippen LogP contribution < -0.4 is 5.32 Å². The number of nitrogens with zero attached hydrogens (tertiary/aromatic N) is 4. The average Bonchev–Trinajstić information content (AvgIpc) is 3.13. The zero-order chi connectivity index (χ0) is 22.0. The maximum Gasteiger partial charge on any atom is 0.274 e. The largest absolute Gasteiger partial charge is 0.345 e. The van der Waals surface area contributed by atoms with Crippen LogP contribution in [-0.2, 0) is 6.67 Å². The number of nitrogens with one attached hydrogen (secondary N) is 1. The van der Waals surface area contributed by atoms with E-state index in [9.17, 15) is 14.0 Å². The lowest BCUT2D eigenvalue weighted by Gasteiger charge is -2.17. The quantitative estimate of drug-likeness (QED) is 0.484. The Morgan fingerprint density at radius 1 is 1.27 bits per heavy atom. The summed E-state index contributed by atoms with van der Waals surface area (Å²) in [6.07, 6.45) is 1.48. The Morgan fingerprint density at radius 3 is 2.63 bits per heavy atom. The van der Waals surface area contributed by atoms with Crippen LogP contribution in [0.3, 0.4) is 0 Å². The molecule has 11 heteroatoms. The van der Waals surface area contributed by atoms with Gasteiger partial charge < -0.3 is 10.2 Å². The van der Waals surface area contributed by atoms with Gasteiger partial charge in [-0.05, 0) is 46.3 Å². The maximum atomic E-state index is 13.3. The highest BCUT2D eigenvalue weighted by Crippen LogP contribution is 2.32. The van der Waals surface area contributed by atoms with Gasteiger partial charge in [-0.25, -0.2) is 14.1 Å². The van der Waals surface area contributed by atoms with Crippen molar-refractivity contribution in [1.29, 1.82) is 0 Å². The molecule has 0 aliphatic heterocycles. The van der Waals surface area contributed by atoms with Crippen LogP contribution in [0.2, 0.25) is 5.02 Å². The van der Waals surface area contributed by atoms with E-state index in [0.717, 1.165) is 0 Å². The van der Waals surface area contributed by atoms with Gasteiger partial charge in [0.15, 0.2) is 5.82 Å². The van der Waals surface area contributed by atoms with Crippen molar-refractivity contribution in [3.63, 3.8) is 0 Å². The van der Waals surface area contributed by atoms with Gasteiger partial charge in [-0.15, -0.1) is 0 Å². The number of aromatic nitrogens is 3. The molecule has 0 radical (unpaired) electrons. The minimum atomic E-state index is -0.871. The van der Waals surface area contributed by atoms with Crippen molar-refractivity contribution in [1.82, 2.24) is 19.7 Å². The Morgan fingerprint density at radius 2 is 2.00 bits per heavy atom. The maximum absolute atomic E-state index is 13.3. The zero-order valence-electron chi connectivity index (χ0n) is 15.8. The predicted molar refractivity (Wildman–Crippen MR) is 119 cm³/mol. The fraction of sp³-hybridized carbons (Fsp3) is 0.158. The van der Waals surface area contributed by atoms with Crippen molar-refractivity contribution in [2.75, 3.05) is 19.4 Å². The minimum absolute atomic E-state index is 0.0151. The van der Waals surface area contributed by atoms with Gasteiger partial charge in [-0.3, -0.25) is 9.59 Å². The standard InChI is InChI=1S/C19H15Br2ClFN5O2/c1-27(2)19(30)12-6-10(20)7-13(21)16(12)25-18(29)15-8-11(9-23)26-28(15)17-14(22)4-3-5-24-17/h3-8H,9H2,1-2H3,(H,25,29). The summed E-state index contributed by atoms with van der Waals surface area (Å²) in [4.78, 5) is 31.2. The first kappa shape index (κ1) is 22.4. The summed E-state index contributed by atoms with van der Waals surface area (Å²) in [7, 11) is 3.21. The summed E-state index contributed by atoms with van der Waals surface area (Å²) >= 11 is 12.9. The van der Waals surface area contributed by atoms with Crippen LogP contribution in [0.4, 0.5) is 10.1 Å². The molecule has 3 aromatic rings. The molecular weight excluding hydrogens is 545 g/mol. The lowest BCUT2D eigenvalue weighted by Crippen LogP contribution is -2.25. The molecule has 0 spiro atoms. The second kappa shape index (κ2) is 9.23. The number of carbonyl (C=O) groups is 2. The number of rotatable bonds is 5. The first-order valence-corrected chi connectivity index (χ1v) is 10.5. The molecule has 2 amide bonds. The van der Waals surface area contributed by atoms with Gasteiger partial charge in [0.25, 0.3) is 11.8 Å². The first-order valence-electron chi connectivity index (χ1n) is 8.50. The molecule has 0 fully saturated rings. The van der Waals surface area contributed by atoms with Crippen molar-refractivity contribution >= 4 is 61.0 Å². The van der Waals surface area contributed by atoms with Gasteiger partial charge in [0, 0.05) is 29.2 Å². The van der Waals surface area contributed by atoms with Crippen LogP contribution in [0.15, 0.2) is 45.5 Å². The number of halogens is 4. The van der Waals surface area contributed by atoms with Crippen LogP contribution in [0.25, 0.3) is 5.82 Å². The smallest absolute Gasteiger partial charge is 0.274 e. The molecule has 0 saturated carbocycles. The highest BCUT2D eigenvalue weighted by molar-refractivity contribution is 9.11. The Balaban J connectivity index is 2.07. The highest BCUT2D eigenvalue weighted by atomic mass is 79.9. The molecule has 0 saturated heterocycles. The first-order chi connectivity index (χ1) is 14.2. The summed E-state index contributed by atoms with van der Waals surface area (Å²) in [5.41, 5.74) is 0.591. The van der Waals surface area contributed by atoms with Crippen LogP contribution in [0, 0.1) is 0 Å². The Labute approximate surface area is 193 Å². The topological polar surface area (TPSA) is 80.1 Å². The molecule has 1 N–H and O–H groups in total. The molecule has 3 rings (SSSR count). The molecule has 2 heterocycles. The number of alkyl halides is 1. The van der Waals surface area contributed by atoms with Gasteiger partial charge >= 0.3 is 0 Å². The zero-order valence-corrected chi connectivity index (χ0v) is 19.7. The van der Waals surface area contributed by atoms with Crippen LogP contribution >= 0.6 is 43.5 Å². The summed E-state index contributed by atoms with van der Waals surface area (Å²) in [5.74, 6) is -0.735. The van der Waals surface area contributed by atoms with Gasteiger partial charge in [0.1, 0.15) is 12.4 Å². The molecule has 7 nitrogen and oxygen atoms in total. The number of anilines is 1. The third-order valence-corrected chi connectivity index (χ3v) is 5.38. The monoisotopic (exact) mass is 557 g/mol. The van der Waals surface area contributed by atoms with E-state index in [1.165, 1.54) is 21.8 Å². The van der Waals surface area contributed by atoms with Crippen molar-refractivity contribution in [2.24, 2.45) is 0 Å². The number of benzene rings is 1. The molecule has 0 unspecified atom stereocenters. The summed E-state index contributed by atoms with van der Waals surface area (Å²) in [6, 6.07) is 7.82. The number of hydrogen-bond donors (Lipinski definition) is 1. The predicted octanol–water partition coefficient (Wildman–Crippen LogP) is 4.87. The number of hydrogen-bond acceptors (Lipinski definition) is 4. The van der Waals surface area contributed by atoms with Gasteiger partial charge in [-0.1, -0.05) is 27.5 Å². The van der Waals surface area contributed by atoms with Crippen molar-refractivity contribution in [3.05, 3.63) is 67.4 Å². The molecule has 0 bridgehead atoms. The number of amides is 2. The van der Waals surface area contributed by atoms with Crippen molar-refractivity contribution in [2.45, 2.75) is 6.67 Å². The third-order valence-electron chi connectivity index (χ3n) is 4.00. The third kappa shape index (κ3) is 4.55. The van der Waals surface area contributed by atoms with Crippen LogP contribution in [0.1, 0.15) is 26.5 Å². The number of pyridine rings is 1. The Kier molecular flexibility index (Phi) is 6.89. The summed E-state index contributed by atoms with van der Waals surface area (Å²) in [6.45, 7) is -0.871. The second-order valence-electron chi connectivity index (χ2n) is 6.34.